The monoisotopic (exact) mass is 181 g/mol. The van der Waals surface area contributed by atoms with E-state index in [0.717, 1.165) is 6.54 Å². The number of carbonyl (C=O) groups is 1. The van der Waals surface area contributed by atoms with Gasteiger partial charge in [-0.1, -0.05) is 0 Å². The molecule has 0 aromatic carbocycles. The van der Waals surface area contributed by atoms with Gasteiger partial charge in [-0.05, 0) is 12.5 Å². The third kappa shape index (κ3) is 1.14. The molecule has 1 aromatic heterocycles. The van der Waals surface area contributed by atoms with Gasteiger partial charge in [-0.25, -0.2) is 4.79 Å². The summed E-state index contributed by atoms with van der Waals surface area (Å²) in [6, 6.07) is 1.68. The topological polar surface area (TPSA) is 51.5 Å². The van der Waals surface area contributed by atoms with E-state index >= 15 is 0 Å². The van der Waals surface area contributed by atoms with Crippen molar-refractivity contribution in [2.75, 3.05) is 7.11 Å². The number of fused-ring (bicyclic) bond motifs is 1. The third-order valence-corrected chi connectivity index (χ3v) is 2.37. The molecular formula is C9H11NO3. The Kier molecular flexibility index (Phi) is 1.84. The summed E-state index contributed by atoms with van der Waals surface area (Å²) in [6.45, 7) is 0.771. The molecule has 0 fully saturated rings. The first-order valence-electron chi connectivity index (χ1n) is 4.19. The van der Waals surface area contributed by atoms with Crippen LogP contribution >= 0.6 is 0 Å². The summed E-state index contributed by atoms with van der Waals surface area (Å²) in [5, 5.41) is 9.57. The number of aromatic nitrogens is 1. The second-order valence-corrected chi connectivity index (χ2v) is 3.10. The molecule has 0 aliphatic carbocycles. The molecule has 0 amide bonds. The molecule has 1 unspecified atom stereocenters. The first kappa shape index (κ1) is 8.31. The van der Waals surface area contributed by atoms with Gasteiger partial charge in [-0.2, -0.15) is 0 Å². The fourth-order valence-electron chi connectivity index (χ4n) is 1.73. The molecule has 2 rings (SSSR count). The quantitative estimate of drug-likeness (QED) is 0.649. The lowest BCUT2D eigenvalue weighted by molar-refractivity contribution is 0.0594. The summed E-state index contributed by atoms with van der Waals surface area (Å²) >= 11 is 0. The van der Waals surface area contributed by atoms with Crippen LogP contribution in [0.25, 0.3) is 0 Å². The first-order valence-corrected chi connectivity index (χ1v) is 4.19. The van der Waals surface area contributed by atoms with Crippen molar-refractivity contribution in [3.05, 3.63) is 23.5 Å². The van der Waals surface area contributed by atoms with Crippen molar-refractivity contribution < 1.29 is 14.6 Å². The van der Waals surface area contributed by atoms with Gasteiger partial charge in [0.05, 0.1) is 24.5 Å². The molecule has 0 bridgehead atoms. The van der Waals surface area contributed by atoms with Crippen molar-refractivity contribution in [1.82, 2.24) is 4.57 Å². The summed E-state index contributed by atoms with van der Waals surface area (Å²) in [6.07, 6.45) is 1.96. The maximum Gasteiger partial charge on any atom is 0.339 e. The molecule has 1 aliphatic heterocycles. The minimum atomic E-state index is -0.524. The highest BCUT2D eigenvalue weighted by atomic mass is 16.5. The van der Waals surface area contributed by atoms with Gasteiger partial charge in [0.25, 0.3) is 0 Å². The molecule has 1 atom stereocenters. The van der Waals surface area contributed by atoms with Gasteiger partial charge in [0.15, 0.2) is 0 Å². The maximum atomic E-state index is 11.2. The normalized spacial score (nSPS) is 20.0. The Balaban J connectivity index is 2.43. The van der Waals surface area contributed by atoms with E-state index in [1.165, 1.54) is 7.11 Å². The van der Waals surface area contributed by atoms with Crippen LogP contribution in [0.5, 0.6) is 0 Å². The van der Waals surface area contributed by atoms with Crippen LogP contribution in [-0.2, 0) is 11.3 Å². The minimum Gasteiger partial charge on any atom is -0.465 e. The lowest BCUT2D eigenvalue weighted by Crippen LogP contribution is -2.05. The van der Waals surface area contributed by atoms with Crippen molar-refractivity contribution in [3.8, 4) is 0 Å². The molecule has 0 radical (unpaired) electrons. The van der Waals surface area contributed by atoms with Gasteiger partial charge in [0.2, 0.25) is 0 Å². The van der Waals surface area contributed by atoms with Crippen LogP contribution in [0.4, 0.5) is 0 Å². The molecule has 1 N–H and O–H groups in total. The Morgan fingerprint density at radius 2 is 2.54 bits per heavy atom. The standard InChI is InChI=1S/C9H11NO3/c1-13-9(12)6-2-4-10-5-3-7(11)8(6)10/h2,4,7,11H,3,5H2,1H3. The predicted octanol–water partition coefficient (Wildman–Crippen LogP) is 0.712. The molecule has 1 aromatic rings. The summed E-state index contributed by atoms with van der Waals surface area (Å²) in [7, 11) is 1.34. The Hall–Kier alpha value is -1.29. The number of hydrogen-bond acceptors (Lipinski definition) is 3. The van der Waals surface area contributed by atoms with Gasteiger partial charge in [0, 0.05) is 12.7 Å². The number of esters is 1. The van der Waals surface area contributed by atoms with Crippen LogP contribution in [0.2, 0.25) is 0 Å². The van der Waals surface area contributed by atoms with Crippen molar-refractivity contribution in [2.24, 2.45) is 0 Å². The molecular weight excluding hydrogens is 170 g/mol. The number of aliphatic hydroxyl groups excluding tert-OH is 1. The molecule has 0 spiro atoms. The lowest BCUT2D eigenvalue weighted by atomic mass is 10.1. The fraction of sp³-hybridized carbons (Fsp3) is 0.444. The molecule has 1 aliphatic rings. The Morgan fingerprint density at radius 3 is 3.23 bits per heavy atom. The van der Waals surface area contributed by atoms with Crippen LogP contribution in [0.1, 0.15) is 28.6 Å². The van der Waals surface area contributed by atoms with Crippen molar-refractivity contribution in [1.29, 1.82) is 0 Å². The summed E-state index contributed by atoms with van der Waals surface area (Å²) in [5.41, 5.74) is 1.17. The SMILES string of the molecule is COC(=O)c1ccn2c1C(O)CC2. The second-order valence-electron chi connectivity index (χ2n) is 3.10. The van der Waals surface area contributed by atoms with Gasteiger partial charge >= 0.3 is 5.97 Å². The van der Waals surface area contributed by atoms with Gasteiger partial charge in [-0.3, -0.25) is 0 Å². The van der Waals surface area contributed by atoms with Crippen LogP contribution in [0.3, 0.4) is 0 Å². The maximum absolute atomic E-state index is 11.2. The molecule has 70 valence electrons. The second kappa shape index (κ2) is 2.88. The van der Waals surface area contributed by atoms with E-state index in [4.69, 9.17) is 0 Å². The van der Waals surface area contributed by atoms with E-state index in [0.29, 0.717) is 17.7 Å². The lowest BCUT2D eigenvalue weighted by Gasteiger charge is -2.03. The summed E-state index contributed by atoms with van der Waals surface area (Å²) in [4.78, 5) is 11.2. The van der Waals surface area contributed by atoms with Crippen molar-refractivity contribution in [2.45, 2.75) is 19.1 Å². The van der Waals surface area contributed by atoms with E-state index in [9.17, 15) is 9.90 Å². The Morgan fingerprint density at radius 1 is 1.77 bits per heavy atom. The van der Waals surface area contributed by atoms with E-state index in [2.05, 4.69) is 4.74 Å². The average Bonchev–Trinajstić information content (AvgIpc) is 2.68. The Bertz CT molecular complexity index is 343. The largest absolute Gasteiger partial charge is 0.465 e. The summed E-state index contributed by atoms with van der Waals surface area (Å²) in [5.74, 6) is -0.380. The molecule has 0 saturated heterocycles. The zero-order valence-corrected chi connectivity index (χ0v) is 7.36. The number of nitrogens with zero attached hydrogens (tertiary/aromatic N) is 1. The average molecular weight is 181 g/mol. The zero-order chi connectivity index (χ0) is 9.42. The minimum absolute atomic E-state index is 0.380. The predicted molar refractivity (Wildman–Crippen MR) is 45.3 cm³/mol. The first-order chi connectivity index (χ1) is 6.24. The molecule has 4 nitrogen and oxygen atoms in total. The third-order valence-electron chi connectivity index (χ3n) is 2.37. The number of ether oxygens (including phenoxy) is 1. The number of carbonyl (C=O) groups excluding carboxylic acids is 1. The number of methoxy groups -OCH3 is 1. The fourth-order valence-corrected chi connectivity index (χ4v) is 1.73. The number of rotatable bonds is 1. The molecule has 4 heteroatoms. The highest BCUT2D eigenvalue weighted by Gasteiger charge is 2.26. The van der Waals surface area contributed by atoms with Crippen LogP contribution in [0, 0.1) is 0 Å². The number of aryl methyl sites for hydroxylation is 1. The highest BCUT2D eigenvalue weighted by Crippen LogP contribution is 2.29. The van der Waals surface area contributed by atoms with Crippen LogP contribution in [-0.4, -0.2) is 22.8 Å². The van der Waals surface area contributed by atoms with Crippen molar-refractivity contribution in [3.63, 3.8) is 0 Å². The van der Waals surface area contributed by atoms with E-state index in [-0.39, 0.29) is 5.97 Å². The molecule has 0 saturated carbocycles. The smallest absolute Gasteiger partial charge is 0.339 e. The number of hydrogen-bond donors (Lipinski definition) is 1. The zero-order valence-electron chi connectivity index (χ0n) is 7.36. The van der Waals surface area contributed by atoms with Crippen molar-refractivity contribution >= 4 is 5.97 Å². The Labute approximate surface area is 75.7 Å². The summed E-state index contributed by atoms with van der Waals surface area (Å²) < 4.78 is 6.49. The molecule has 13 heavy (non-hydrogen) atoms. The van der Waals surface area contributed by atoms with Crippen LogP contribution < -0.4 is 0 Å². The van der Waals surface area contributed by atoms with E-state index < -0.39 is 6.10 Å². The van der Waals surface area contributed by atoms with Gasteiger partial charge in [-0.15, -0.1) is 0 Å². The van der Waals surface area contributed by atoms with E-state index in [1.807, 2.05) is 4.57 Å². The van der Waals surface area contributed by atoms with Gasteiger partial charge < -0.3 is 14.4 Å². The number of aliphatic hydroxyl groups is 1. The highest BCUT2D eigenvalue weighted by molar-refractivity contribution is 5.91. The molecule has 2 heterocycles. The van der Waals surface area contributed by atoms with Crippen LogP contribution in [0.15, 0.2) is 12.3 Å². The van der Waals surface area contributed by atoms with Gasteiger partial charge in [0.1, 0.15) is 0 Å². The van der Waals surface area contributed by atoms with E-state index in [1.54, 1.807) is 12.3 Å².